The van der Waals surface area contributed by atoms with E-state index in [1.165, 1.54) is 6.07 Å². The topological polar surface area (TPSA) is 116 Å². The number of piperazine rings is 1. The summed E-state index contributed by atoms with van der Waals surface area (Å²) in [4.78, 5) is 46.5. The van der Waals surface area contributed by atoms with E-state index in [1.807, 2.05) is 24.3 Å². The van der Waals surface area contributed by atoms with Crippen molar-refractivity contribution < 1.29 is 23.5 Å². The Bertz CT molecular complexity index is 1490. The Morgan fingerprint density at radius 1 is 1.14 bits per heavy atom. The number of amides is 3. The maximum Gasteiger partial charge on any atom is 0.412 e. The fourth-order valence-electron chi connectivity index (χ4n) is 5.58. The highest BCUT2D eigenvalue weighted by Crippen LogP contribution is 2.29. The van der Waals surface area contributed by atoms with E-state index < -0.39 is 11.9 Å². The fourth-order valence-corrected chi connectivity index (χ4v) is 5.78. The van der Waals surface area contributed by atoms with Crippen molar-refractivity contribution in [2.75, 3.05) is 32.1 Å². The molecule has 3 aromatic rings. The minimum absolute atomic E-state index is 0.00287. The number of ketones is 1. The molecule has 1 aromatic heterocycles. The predicted octanol–water partition coefficient (Wildman–Crippen LogP) is 5.31. The van der Waals surface area contributed by atoms with Crippen LogP contribution >= 0.6 is 11.6 Å². The first-order valence-corrected chi connectivity index (χ1v) is 15.4. The fraction of sp³-hybridized carbons (Fsp3) is 0.438. The molecule has 1 unspecified atom stereocenters. The van der Waals surface area contributed by atoms with Crippen LogP contribution in [0.5, 0.6) is 0 Å². The van der Waals surface area contributed by atoms with Gasteiger partial charge >= 0.3 is 12.1 Å². The molecule has 234 valence electrons. The number of ether oxygens (including phenoxy) is 1. The molecule has 0 bridgehead atoms. The summed E-state index contributed by atoms with van der Waals surface area (Å²) in [5.74, 6) is 0.0304. The lowest BCUT2D eigenvalue weighted by atomic mass is 9.88. The Morgan fingerprint density at radius 3 is 2.70 bits per heavy atom. The minimum Gasteiger partial charge on any atom is -0.449 e. The molecule has 1 saturated carbocycles. The van der Waals surface area contributed by atoms with Crippen molar-refractivity contribution in [3.05, 3.63) is 71.1 Å². The van der Waals surface area contributed by atoms with Crippen LogP contribution in [-0.4, -0.2) is 77.7 Å². The summed E-state index contributed by atoms with van der Waals surface area (Å²) in [6, 6.07) is 13.8. The number of aromatic nitrogens is 1. The Kier molecular flexibility index (Phi) is 10.6. The smallest absolute Gasteiger partial charge is 0.412 e. The quantitative estimate of drug-likeness (QED) is 0.248. The second-order valence-electron chi connectivity index (χ2n) is 11.3. The van der Waals surface area contributed by atoms with Gasteiger partial charge in [0.1, 0.15) is 11.6 Å². The molecular formula is C32H38ClFN6O4. The summed E-state index contributed by atoms with van der Waals surface area (Å²) in [5.41, 5.74) is 0.500. The summed E-state index contributed by atoms with van der Waals surface area (Å²) < 4.78 is 19.1. The minimum atomic E-state index is -0.579. The van der Waals surface area contributed by atoms with E-state index in [4.69, 9.17) is 16.3 Å². The van der Waals surface area contributed by atoms with Gasteiger partial charge < -0.3 is 15.0 Å². The van der Waals surface area contributed by atoms with Crippen molar-refractivity contribution in [1.82, 2.24) is 25.4 Å². The molecule has 3 N–H and O–H groups in total. The van der Waals surface area contributed by atoms with Gasteiger partial charge in [0.15, 0.2) is 5.78 Å². The second kappa shape index (κ2) is 14.8. The Labute approximate surface area is 261 Å². The first-order valence-electron chi connectivity index (χ1n) is 15.0. The molecule has 2 heterocycles. The summed E-state index contributed by atoms with van der Waals surface area (Å²) >= 11 is 6.02. The van der Waals surface area contributed by atoms with Crippen molar-refractivity contribution in [1.29, 1.82) is 0 Å². The SMILES string of the molecule is CN(C(=O)NCc1cccc(F)c1Cl)[C@H]1CN(C2CCC2)C(C(=O)CCCCOC(=O)Nc2cc3ccccc3cn2)CN1. The number of pyridine rings is 1. The van der Waals surface area contributed by atoms with Gasteiger partial charge in [-0.3, -0.25) is 20.3 Å². The molecule has 1 aliphatic carbocycles. The first kappa shape index (κ1) is 31.6. The number of benzene rings is 2. The van der Waals surface area contributed by atoms with Gasteiger partial charge in [0, 0.05) is 50.7 Å². The molecular weight excluding hydrogens is 587 g/mol. The molecule has 2 aliphatic rings. The van der Waals surface area contributed by atoms with E-state index in [1.54, 1.807) is 36.3 Å². The number of unbranched alkanes of at least 4 members (excludes halogenated alkanes) is 1. The number of Topliss-reactive ketones (excluding diaryl/α,β-unsaturated/α-hetero) is 1. The van der Waals surface area contributed by atoms with Gasteiger partial charge in [-0.1, -0.05) is 54.4 Å². The number of urea groups is 1. The molecule has 0 radical (unpaired) electrons. The number of halogens is 2. The largest absolute Gasteiger partial charge is 0.449 e. The number of likely N-dealkylation sites (N-methyl/N-ethyl adjacent to an activating group) is 1. The van der Waals surface area contributed by atoms with Gasteiger partial charge in [-0.2, -0.15) is 0 Å². The average Bonchev–Trinajstić information content (AvgIpc) is 3.00. The lowest BCUT2D eigenvalue weighted by Gasteiger charge is -2.48. The zero-order valence-corrected chi connectivity index (χ0v) is 25.5. The zero-order valence-electron chi connectivity index (χ0n) is 24.7. The molecule has 12 heteroatoms. The molecule has 10 nitrogen and oxygen atoms in total. The predicted molar refractivity (Wildman–Crippen MR) is 167 cm³/mol. The van der Waals surface area contributed by atoms with E-state index in [2.05, 4.69) is 25.8 Å². The summed E-state index contributed by atoms with van der Waals surface area (Å²) in [5, 5.41) is 10.8. The summed E-state index contributed by atoms with van der Waals surface area (Å²) in [6.45, 7) is 1.26. The molecule has 0 spiro atoms. The van der Waals surface area contributed by atoms with E-state index in [9.17, 15) is 18.8 Å². The third kappa shape index (κ3) is 7.82. The third-order valence-corrected chi connectivity index (χ3v) is 8.83. The maximum absolute atomic E-state index is 13.8. The standard InChI is InChI=1S/C32H38ClFN6O4/c1-39(31(42)37-18-23-10-6-13-25(34)30(23)33)29-20-40(24-11-7-12-24)26(19-36-29)27(41)14-4-5-15-44-32(43)38-28-16-21-8-2-3-9-22(21)17-35-28/h2-3,6,8-10,13,16-17,24,26,29,36H,4-5,7,11-12,14-15,18-20H2,1H3,(H,37,42)(H,35,38,43)/t26?,29-/m0/s1. The van der Waals surface area contributed by atoms with E-state index in [0.717, 1.165) is 30.0 Å². The summed E-state index contributed by atoms with van der Waals surface area (Å²) in [6.07, 6.45) is 5.56. The molecule has 5 rings (SSSR count). The second-order valence-corrected chi connectivity index (χ2v) is 11.7. The lowest BCUT2D eigenvalue weighted by Crippen LogP contribution is -2.67. The van der Waals surface area contributed by atoms with E-state index in [-0.39, 0.29) is 42.2 Å². The number of nitrogens with one attached hydrogen (secondary N) is 3. The van der Waals surface area contributed by atoms with Gasteiger partial charge in [0.25, 0.3) is 0 Å². The van der Waals surface area contributed by atoms with Crippen molar-refractivity contribution in [3.63, 3.8) is 0 Å². The number of anilines is 1. The number of rotatable bonds is 11. The van der Waals surface area contributed by atoms with Gasteiger partial charge in [-0.15, -0.1) is 0 Å². The Hall–Kier alpha value is -3.80. The molecule has 2 atom stereocenters. The highest BCUT2D eigenvalue weighted by molar-refractivity contribution is 6.31. The van der Waals surface area contributed by atoms with Crippen LogP contribution in [0, 0.1) is 5.82 Å². The number of nitrogens with zero attached hydrogens (tertiary/aromatic N) is 3. The molecule has 2 fully saturated rings. The lowest BCUT2D eigenvalue weighted by molar-refractivity contribution is -0.128. The summed E-state index contributed by atoms with van der Waals surface area (Å²) in [7, 11) is 1.70. The average molecular weight is 625 g/mol. The molecule has 2 aromatic carbocycles. The van der Waals surface area contributed by atoms with Crippen molar-refractivity contribution in [2.45, 2.75) is 63.3 Å². The van der Waals surface area contributed by atoms with Gasteiger partial charge in [-0.25, -0.2) is 19.0 Å². The number of carbonyl (C=O) groups excluding carboxylic acids is 3. The van der Waals surface area contributed by atoms with Crippen LogP contribution in [-0.2, 0) is 16.1 Å². The van der Waals surface area contributed by atoms with Gasteiger partial charge in [-0.05, 0) is 48.8 Å². The molecule has 3 amide bonds. The van der Waals surface area contributed by atoms with Crippen LogP contribution in [0.25, 0.3) is 10.8 Å². The monoisotopic (exact) mass is 624 g/mol. The first-order chi connectivity index (χ1) is 21.3. The van der Waals surface area contributed by atoms with Crippen LogP contribution < -0.4 is 16.0 Å². The highest BCUT2D eigenvalue weighted by Gasteiger charge is 2.40. The normalized spacial score (nSPS) is 18.8. The van der Waals surface area contributed by atoms with Crippen LogP contribution in [0.1, 0.15) is 44.1 Å². The Balaban J connectivity index is 1.05. The Morgan fingerprint density at radius 2 is 1.93 bits per heavy atom. The third-order valence-electron chi connectivity index (χ3n) is 8.41. The molecule has 1 saturated heterocycles. The number of hydrogen-bond acceptors (Lipinski definition) is 7. The van der Waals surface area contributed by atoms with E-state index >= 15 is 0 Å². The highest BCUT2D eigenvalue weighted by atomic mass is 35.5. The van der Waals surface area contributed by atoms with Crippen LogP contribution in [0.15, 0.2) is 54.7 Å². The van der Waals surface area contributed by atoms with Crippen molar-refractivity contribution in [2.24, 2.45) is 0 Å². The van der Waals surface area contributed by atoms with Gasteiger partial charge in [0.05, 0.1) is 23.8 Å². The number of hydrogen-bond donors (Lipinski definition) is 3. The molecule has 1 aliphatic heterocycles. The molecule has 44 heavy (non-hydrogen) atoms. The number of carbonyl (C=O) groups is 3. The van der Waals surface area contributed by atoms with Crippen LogP contribution in [0.2, 0.25) is 5.02 Å². The van der Waals surface area contributed by atoms with Crippen LogP contribution in [0.3, 0.4) is 0 Å². The van der Waals surface area contributed by atoms with Crippen molar-refractivity contribution >= 4 is 46.1 Å². The zero-order chi connectivity index (χ0) is 31.1. The van der Waals surface area contributed by atoms with Gasteiger partial charge in [0.2, 0.25) is 0 Å². The number of fused-ring (bicyclic) bond motifs is 1. The van der Waals surface area contributed by atoms with Crippen LogP contribution in [0.4, 0.5) is 19.8 Å². The maximum atomic E-state index is 13.8. The van der Waals surface area contributed by atoms with Crippen molar-refractivity contribution in [3.8, 4) is 0 Å². The van der Waals surface area contributed by atoms with E-state index in [0.29, 0.717) is 49.8 Å².